The lowest BCUT2D eigenvalue weighted by Gasteiger charge is -2.34. The number of aryl methyl sites for hydroxylation is 1. The maximum absolute atomic E-state index is 4.70. The van der Waals surface area contributed by atoms with Crippen molar-refractivity contribution in [1.29, 1.82) is 0 Å². The molecule has 0 amide bonds. The number of nitrogens with zero attached hydrogens (tertiary/aromatic N) is 3. The molecule has 0 aromatic carbocycles. The Morgan fingerprint density at radius 1 is 1.29 bits per heavy atom. The first-order chi connectivity index (χ1) is 8.34. The van der Waals surface area contributed by atoms with Crippen LogP contribution < -0.4 is 10.2 Å². The fourth-order valence-corrected chi connectivity index (χ4v) is 2.61. The summed E-state index contributed by atoms with van der Waals surface area (Å²) in [4.78, 5) is 11.5. The standard InChI is InChI=1S/C13H20N4/c1-10-15-9-12(17-7-5-14-6-8-17)13(16-10)11-3-2-4-11/h9,11,14H,2-8H2,1H3. The molecule has 0 unspecified atom stereocenters. The minimum Gasteiger partial charge on any atom is -0.366 e. The van der Waals surface area contributed by atoms with Crippen molar-refractivity contribution in [3.63, 3.8) is 0 Å². The van der Waals surface area contributed by atoms with Crippen molar-refractivity contribution in [2.45, 2.75) is 32.1 Å². The lowest BCUT2D eigenvalue weighted by Crippen LogP contribution is -2.44. The molecule has 4 heteroatoms. The van der Waals surface area contributed by atoms with Crippen LogP contribution in [0.2, 0.25) is 0 Å². The van der Waals surface area contributed by atoms with Crippen LogP contribution in [0.3, 0.4) is 0 Å². The number of piperazine rings is 1. The molecule has 0 bridgehead atoms. The van der Waals surface area contributed by atoms with Gasteiger partial charge in [0.2, 0.25) is 0 Å². The normalized spacial score (nSPS) is 21.4. The molecular formula is C13H20N4. The third-order valence-electron chi connectivity index (χ3n) is 3.87. The van der Waals surface area contributed by atoms with E-state index in [9.17, 15) is 0 Å². The molecule has 2 fully saturated rings. The average Bonchev–Trinajstić information content (AvgIpc) is 2.28. The van der Waals surface area contributed by atoms with Gasteiger partial charge in [0.1, 0.15) is 5.82 Å². The van der Waals surface area contributed by atoms with Gasteiger partial charge in [-0.15, -0.1) is 0 Å². The van der Waals surface area contributed by atoms with Gasteiger partial charge in [0.15, 0.2) is 0 Å². The fourth-order valence-electron chi connectivity index (χ4n) is 2.61. The average molecular weight is 232 g/mol. The van der Waals surface area contributed by atoms with Crippen LogP contribution in [0.15, 0.2) is 6.20 Å². The monoisotopic (exact) mass is 232 g/mol. The molecular weight excluding hydrogens is 212 g/mol. The Kier molecular flexibility index (Phi) is 2.97. The minimum absolute atomic E-state index is 0.682. The number of hydrogen-bond donors (Lipinski definition) is 1. The fraction of sp³-hybridized carbons (Fsp3) is 0.692. The first kappa shape index (κ1) is 11.0. The highest BCUT2D eigenvalue weighted by molar-refractivity contribution is 5.51. The molecule has 1 aromatic heterocycles. The summed E-state index contributed by atoms with van der Waals surface area (Å²) in [5, 5.41) is 3.39. The van der Waals surface area contributed by atoms with Crippen molar-refractivity contribution in [2.75, 3.05) is 31.1 Å². The summed E-state index contributed by atoms with van der Waals surface area (Å²) in [7, 11) is 0. The lowest BCUT2D eigenvalue weighted by molar-refractivity contribution is 0.409. The summed E-state index contributed by atoms with van der Waals surface area (Å²) in [6.45, 7) is 6.28. The van der Waals surface area contributed by atoms with Gasteiger partial charge in [0, 0.05) is 32.1 Å². The van der Waals surface area contributed by atoms with Gasteiger partial charge >= 0.3 is 0 Å². The first-order valence-corrected chi connectivity index (χ1v) is 6.64. The van der Waals surface area contributed by atoms with Gasteiger partial charge in [-0.2, -0.15) is 0 Å². The van der Waals surface area contributed by atoms with Crippen LogP contribution >= 0.6 is 0 Å². The van der Waals surface area contributed by atoms with E-state index in [2.05, 4.69) is 15.2 Å². The maximum Gasteiger partial charge on any atom is 0.125 e. The van der Waals surface area contributed by atoms with Gasteiger partial charge < -0.3 is 10.2 Å². The summed E-state index contributed by atoms with van der Waals surface area (Å²) >= 11 is 0. The van der Waals surface area contributed by atoms with Crippen LogP contribution in [0.25, 0.3) is 0 Å². The van der Waals surface area contributed by atoms with Crippen LogP contribution in [0, 0.1) is 6.92 Å². The summed E-state index contributed by atoms with van der Waals surface area (Å²) in [6.07, 6.45) is 5.99. The Balaban J connectivity index is 1.90. The summed E-state index contributed by atoms with van der Waals surface area (Å²) < 4.78 is 0. The molecule has 1 saturated carbocycles. The highest BCUT2D eigenvalue weighted by atomic mass is 15.2. The van der Waals surface area contributed by atoms with Crippen molar-refractivity contribution in [3.8, 4) is 0 Å². The van der Waals surface area contributed by atoms with Crippen LogP contribution in [-0.4, -0.2) is 36.1 Å². The van der Waals surface area contributed by atoms with E-state index in [-0.39, 0.29) is 0 Å². The Morgan fingerprint density at radius 2 is 2.06 bits per heavy atom. The van der Waals surface area contributed by atoms with Crippen LogP contribution in [0.1, 0.15) is 36.7 Å². The maximum atomic E-state index is 4.70. The summed E-state index contributed by atoms with van der Waals surface area (Å²) in [5.41, 5.74) is 2.58. The van der Waals surface area contributed by atoms with Gasteiger partial charge in [-0.1, -0.05) is 6.42 Å². The molecule has 3 rings (SSSR count). The molecule has 92 valence electrons. The van der Waals surface area contributed by atoms with E-state index >= 15 is 0 Å². The summed E-state index contributed by atoms with van der Waals surface area (Å²) in [5.74, 6) is 1.59. The molecule has 1 aliphatic heterocycles. The second-order valence-electron chi connectivity index (χ2n) is 5.05. The van der Waals surface area contributed by atoms with Gasteiger partial charge in [0.25, 0.3) is 0 Å². The van der Waals surface area contributed by atoms with E-state index in [0.29, 0.717) is 5.92 Å². The molecule has 0 radical (unpaired) electrons. The van der Waals surface area contributed by atoms with E-state index in [1.807, 2.05) is 13.1 Å². The van der Waals surface area contributed by atoms with Crippen molar-refractivity contribution < 1.29 is 0 Å². The second kappa shape index (κ2) is 4.61. The van der Waals surface area contributed by atoms with Gasteiger partial charge in [-0.3, -0.25) is 0 Å². The molecule has 1 saturated heterocycles. The van der Waals surface area contributed by atoms with E-state index in [1.165, 1.54) is 30.6 Å². The third kappa shape index (κ3) is 2.14. The topological polar surface area (TPSA) is 41.1 Å². The van der Waals surface area contributed by atoms with Crippen LogP contribution in [0.5, 0.6) is 0 Å². The number of rotatable bonds is 2. The van der Waals surface area contributed by atoms with Crippen molar-refractivity contribution in [3.05, 3.63) is 17.7 Å². The molecule has 4 nitrogen and oxygen atoms in total. The molecule has 2 heterocycles. The molecule has 1 aromatic rings. The summed E-state index contributed by atoms with van der Waals surface area (Å²) in [6, 6.07) is 0. The van der Waals surface area contributed by atoms with Crippen LogP contribution in [-0.2, 0) is 0 Å². The highest BCUT2D eigenvalue weighted by Gasteiger charge is 2.26. The molecule has 17 heavy (non-hydrogen) atoms. The number of hydrogen-bond acceptors (Lipinski definition) is 4. The minimum atomic E-state index is 0.682. The SMILES string of the molecule is Cc1ncc(N2CCNCC2)c(C2CCC2)n1. The molecule has 0 spiro atoms. The molecule has 0 atom stereocenters. The van der Waals surface area contributed by atoms with Crippen LogP contribution in [0.4, 0.5) is 5.69 Å². The zero-order chi connectivity index (χ0) is 11.7. The number of nitrogens with one attached hydrogen (secondary N) is 1. The van der Waals surface area contributed by atoms with E-state index in [4.69, 9.17) is 4.98 Å². The van der Waals surface area contributed by atoms with Crippen molar-refractivity contribution >= 4 is 5.69 Å². The Bertz CT molecular complexity index is 394. The Morgan fingerprint density at radius 3 is 2.71 bits per heavy atom. The predicted molar refractivity (Wildman–Crippen MR) is 68.4 cm³/mol. The largest absolute Gasteiger partial charge is 0.366 e. The van der Waals surface area contributed by atoms with E-state index < -0.39 is 0 Å². The van der Waals surface area contributed by atoms with Crippen molar-refractivity contribution in [2.24, 2.45) is 0 Å². The molecule has 1 N–H and O–H groups in total. The van der Waals surface area contributed by atoms with E-state index in [1.54, 1.807) is 0 Å². The highest BCUT2D eigenvalue weighted by Crippen LogP contribution is 2.39. The zero-order valence-corrected chi connectivity index (χ0v) is 10.4. The third-order valence-corrected chi connectivity index (χ3v) is 3.87. The number of anilines is 1. The molecule has 2 aliphatic rings. The van der Waals surface area contributed by atoms with Gasteiger partial charge in [0.05, 0.1) is 17.6 Å². The number of aromatic nitrogens is 2. The second-order valence-corrected chi connectivity index (χ2v) is 5.05. The first-order valence-electron chi connectivity index (χ1n) is 6.64. The lowest BCUT2D eigenvalue weighted by atomic mass is 9.82. The Labute approximate surface area is 102 Å². The molecule has 1 aliphatic carbocycles. The van der Waals surface area contributed by atoms with E-state index in [0.717, 1.165) is 32.0 Å². The van der Waals surface area contributed by atoms with Gasteiger partial charge in [-0.05, 0) is 19.8 Å². The van der Waals surface area contributed by atoms with Crippen molar-refractivity contribution in [1.82, 2.24) is 15.3 Å². The quantitative estimate of drug-likeness (QED) is 0.838. The smallest absolute Gasteiger partial charge is 0.125 e. The van der Waals surface area contributed by atoms with Gasteiger partial charge in [-0.25, -0.2) is 9.97 Å². The Hall–Kier alpha value is -1.16. The predicted octanol–water partition coefficient (Wildman–Crippen LogP) is 1.46. The zero-order valence-electron chi connectivity index (χ0n) is 10.4.